The lowest BCUT2D eigenvalue weighted by Gasteiger charge is -2.09. The van der Waals surface area contributed by atoms with Crippen molar-refractivity contribution >= 4 is 11.5 Å². The van der Waals surface area contributed by atoms with Crippen LogP contribution < -0.4 is 4.74 Å². The molecule has 0 bridgehead atoms. The number of aliphatic imine (C=N–C) groups is 1. The molecule has 1 heterocycles. The molecule has 0 fully saturated rings. The normalized spacial score (nSPS) is 11.5. The average molecular weight is 291 g/mol. The van der Waals surface area contributed by atoms with Gasteiger partial charge in [-0.3, -0.25) is 0 Å². The fraction of sp³-hybridized carbons (Fsp3) is 0.111. The number of para-hydroxylation sites is 2. The van der Waals surface area contributed by atoms with Gasteiger partial charge in [0.05, 0.1) is 12.8 Å². The van der Waals surface area contributed by atoms with Gasteiger partial charge in [-0.2, -0.15) is 5.10 Å². The van der Waals surface area contributed by atoms with E-state index in [1.165, 1.54) is 0 Å². The van der Waals surface area contributed by atoms with Crippen LogP contribution >= 0.6 is 0 Å². The van der Waals surface area contributed by atoms with Crippen LogP contribution in [0, 0.1) is 6.92 Å². The van der Waals surface area contributed by atoms with Gasteiger partial charge >= 0.3 is 0 Å². The van der Waals surface area contributed by atoms with Gasteiger partial charge < -0.3 is 4.74 Å². The standard InChI is InChI=1S/C18H17N3O/c1-14-12-13-21(20-14)18(15-8-4-3-5-9-15)19-16-10-6-7-11-17(16)22-2/h3-13H,1-2H3. The van der Waals surface area contributed by atoms with E-state index in [1.807, 2.05) is 73.8 Å². The van der Waals surface area contributed by atoms with Crippen molar-refractivity contribution in [1.29, 1.82) is 0 Å². The zero-order valence-corrected chi connectivity index (χ0v) is 12.6. The highest BCUT2D eigenvalue weighted by Gasteiger charge is 2.09. The lowest BCUT2D eigenvalue weighted by atomic mass is 10.2. The monoisotopic (exact) mass is 291 g/mol. The van der Waals surface area contributed by atoms with Gasteiger partial charge in [0.15, 0.2) is 5.84 Å². The smallest absolute Gasteiger partial charge is 0.161 e. The minimum absolute atomic E-state index is 0.736. The zero-order chi connectivity index (χ0) is 15.4. The minimum Gasteiger partial charge on any atom is -0.494 e. The number of benzene rings is 2. The Balaban J connectivity index is 2.15. The summed E-state index contributed by atoms with van der Waals surface area (Å²) in [6.07, 6.45) is 1.91. The van der Waals surface area contributed by atoms with Crippen molar-refractivity contribution in [3.8, 4) is 5.75 Å². The molecule has 0 atom stereocenters. The van der Waals surface area contributed by atoms with Gasteiger partial charge in [0.2, 0.25) is 0 Å². The van der Waals surface area contributed by atoms with Crippen molar-refractivity contribution in [2.45, 2.75) is 6.92 Å². The van der Waals surface area contributed by atoms with E-state index in [-0.39, 0.29) is 0 Å². The third-order valence-electron chi connectivity index (χ3n) is 3.28. The maximum Gasteiger partial charge on any atom is 0.161 e. The van der Waals surface area contributed by atoms with Crippen LogP contribution in [0.3, 0.4) is 0 Å². The highest BCUT2D eigenvalue weighted by molar-refractivity contribution is 6.01. The van der Waals surface area contributed by atoms with E-state index in [4.69, 9.17) is 9.73 Å². The van der Waals surface area contributed by atoms with Crippen molar-refractivity contribution in [1.82, 2.24) is 9.78 Å². The van der Waals surface area contributed by atoms with Crippen LogP contribution in [0.25, 0.3) is 0 Å². The van der Waals surface area contributed by atoms with Gasteiger partial charge in [-0.1, -0.05) is 42.5 Å². The van der Waals surface area contributed by atoms with Gasteiger partial charge in [0.1, 0.15) is 11.4 Å². The summed E-state index contributed by atoms with van der Waals surface area (Å²) in [5, 5.41) is 4.48. The Labute approximate surface area is 129 Å². The zero-order valence-electron chi connectivity index (χ0n) is 12.6. The molecule has 0 radical (unpaired) electrons. The molecule has 3 aromatic rings. The van der Waals surface area contributed by atoms with Crippen LogP contribution in [0.1, 0.15) is 11.3 Å². The van der Waals surface area contributed by atoms with Crippen LogP contribution in [-0.4, -0.2) is 22.7 Å². The molecule has 0 aliphatic rings. The summed E-state index contributed by atoms with van der Waals surface area (Å²) in [5.41, 5.74) is 2.72. The first-order chi connectivity index (χ1) is 10.8. The minimum atomic E-state index is 0.736. The van der Waals surface area contributed by atoms with E-state index in [0.29, 0.717) is 0 Å². The van der Waals surface area contributed by atoms with E-state index in [0.717, 1.165) is 28.5 Å². The summed E-state index contributed by atoms with van der Waals surface area (Å²) < 4.78 is 7.18. The molecule has 110 valence electrons. The Hall–Kier alpha value is -2.88. The quantitative estimate of drug-likeness (QED) is 0.543. The summed E-state index contributed by atoms with van der Waals surface area (Å²) in [4.78, 5) is 4.78. The SMILES string of the molecule is COc1ccccc1N=C(c1ccccc1)n1ccc(C)n1. The third kappa shape index (κ3) is 2.91. The Kier molecular flexibility index (Phi) is 4.01. The second-order valence-corrected chi connectivity index (χ2v) is 4.87. The molecule has 2 aromatic carbocycles. The summed E-state index contributed by atoms with van der Waals surface area (Å²) in [6.45, 7) is 1.96. The van der Waals surface area contributed by atoms with E-state index >= 15 is 0 Å². The van der Waals surface area contributed by atoms with Gasteiger partial charge in [-0.25, -0.2) is 9.67 Å². The molecule has 0 aliphatic heterocycles. The molecule has 0 saturated carbocycles. The van der Waals surface area contributed by atoms with E-state index < -0.39 is 0 Å². The Morgan fingerprint density at radius 1 is 1.00 bits per heavy atom. The Bertz CT molecular complexity index is 791. The predicted octanol–water partition coefficient (Wildman–Crippen LogP) is 3.83. The van der Waals surface area contributed by atoms with Crippen LogP contribution in [-0.2, 0) is 0 Å². The number of hydrogen-bond acceptors (Lipinski definition) is 3. The molecule has 22 heavy (non-hydrogen) atoms. The number of aryl methyl sites for hydroxylation is 1. The highest BCUT2D eigenvalue weighted by atomic mass is 16.5. The topological polar surface area (TPSA) is 39.4 Å². The number of rotatable bonds is 3. The molecule has 0 spiro atoms. The van der Waals surface area contributed by atoms with Crippen LogP contribution in [0.2, 0.25) is 0 Å². The Morgan fingerprint density at radius 3 is 2.41 bits per heavy atom. The second-order valence-electron chi connectivity index (χ2n) is 4.87. The highest BCUT2D eigenvalue weighted by Crippen LogP contribution is 2.27. The number of methoxy groups -OCH3 is 1. The molecule has 0 amide bonds. The molecule has 4 heteroatoms. The van der Waals surface area contributed by atoms with Crippen LogP contribution in [0.4, 0.5) is 5.69 Å². The first kappa shape index (κ1) is 14.1. The number of hydrogen-bond donors (Lipinski definition) is 0. The fourth-order valence-corrected chi connectivity index (χ4v) is 2.20. The molecule has 0 saturated heterocycles. The lowest BCUT2D eigenvalue weighted by Crippen LogP contribution is -2.14. The second kappa shape index (κ2) is 6.26. The summed E-state index contributed by atoms with van der Waals surface area (Å²) in [7, 11) is 1.65. The van der Waals surface area contributed by atoms with E-state index in [2.05, 4.69) is 5.10 Å². The molecular weight excluding hydrogens is 274 g/mol. The van der Waals surface area contributed by atoms with Crippen molar-refractivity contribution in [2.24, 2.45) is 4.99 Å². The largest absolute Gasteiger partial charge is 0.494 e. The predicted molar refractivity (Wildman–Crippen MR) is 88.0 cm³/mol. The van der Waals surface area contributed by atoms with Crippen molar-refractivity contribution in [3.63, 3.8) is 0 Å². The molecule has 3 rings (SSSR count). The maximum atomic E-state index is 5.39. The molecular formula is C18H17N3O. The van der Waals surface area contributed by atoms with Crippen molar-refractivity contribution in [3.05, 3.63) is 78.1 Å². The van der Waals surface area contributed by atoms with Gasteiger partial charge in [0, 0.05) is 11.8 Å². The fourth-order valence-electron chi connectivity index (χ4n) is 2.20. The molecule has 0 unspecified atom stereocenters. The molecule has 0 aliphatic carbocycles. The Morgan fingerprint density at radius 2 is 1.73 bits per heavy atom. The molecule has 0 N–H and O–H groups in total. The summed E-state index contributed by atoms with van der Waals surface area (Å²) in [6, 6.07) is 19.7. The third-order valence-corrected chi connectivity index (χ3v) is 3.28. The number of nitrogens with zero attached hydrogens (tertiary/aromatic N) is 3. The van der Waals surface area contributed by atoms with Gasteiger partial charge in [0.25, 0.3) is 0 Å². The molecule has 1 aromatic heterocycles. The molecule has 4 nitrogen and oxygen atoms in total. The maximum absolute atomic E-state index is 5.39. The lowest BCUT2D eigenvalue weighted by molar-refractivity contribution is 0.416. The van der Waals surface area contributed by atoms with Crippen molar-refractivity contribution in [2.75, 3.05) is 7.11 Å². The van der Waals surface area contributed by atoms with Crippen LogP contribution in [0.15, 0.2) is 71.9 Å². The van der Waals surface area contributed by atoms with E-state index in [9.17, 15) is 0 Å². The summed E-state index contributed by atoms with van der Waals surface area (Å²) >= 11 is 0. The first-order valence-electron chi connectivity index (χ1n) is 7.08. The average Bonchev–Trinajstić information content (AvgIpc) is 3.00. The number of ether oxygens (including phenoxy) is 1. The summed E-state index contributed by atoms with van der Waals surface area (Å²) in [5.74, 6) is 1.50. The first-order valence-corrected chi connectivity index (χ1v) is 7.08. The van der Waals surface area contributed by atoms with E-state index in [1.54, 1.807) is 11.8 Å². The van der Waals surface area contributed by atoms with Gasteiger partial charge in [-0.05, 0) is 25.1 Å². The van der Waals surface area contributed by atoms with Crippen LogP contribution in [0.5, 0.6) is 5.75 Å². The number of aromatic nitrogens is 2. The van der Waals surface area contributed by atoms with Gasteiger partial charge in [-0.15, -0.1) is 0 Å². The van der Waals surface area contributed by atoms with Crippen molar-refractivity contribution < 1.29 is 4.74 Å².